The third kappa shape index (κ3) is 5.79. The highest BCUT2D eigenvalue weighted by Crippen LogP contribution is 2.64. The van der Waals surface area contributed by atoms with Crippen molar-refractivity contribution in [1.29, 1.82) is 0 Å². The third-order valence-corrected chi connectivity index (χ3v) is 9.41. The van der Waals surface area contributed by atoms with Crippen LogP contribution in [-0.4, -0.2) is 73.3 Å². The number of rotatable bonds is 12. The van der Waals surface area contributed by atoms with Crippen LogP contribution in [0, 0.1) is 12.3 Å². The van der Waals surface area contributed by atoms with Crippen LogP contribution in [0.25, 0.3) is 0 Å². The van der Waals surface area contributed by atoms with Crippen molar-refractivity contribution >= 4 is 36.2 Å². The Hall–Kier alpha value is -2.47. The van der Waals surface area contributed by atoms with Crippen molar-refractivity contribution in [2.24, 2.45) is 0 Å². The third-order valence-electron chi connectivity index (χ3n) is 6.38. The minimum atomic E-state index is -3.66. The van der Waals surface area contributed by atoms with Gasteiger partial charge in [0.25, 0.3) is 5.56 Å². The molecule has 4 N–H and O–H groups in total. The molecule has 1 saturated heterocycles. The van der Waals surface area contributed by atoms with Crippen molar-refractivity contribution in [3.05, 3.63) is 63.4 Å². The molecule has 15 heteroatoms. The van der Waals surface area contributed by atoms with Crippen LogP contribution in [0.1, 0.15) is 26.5 Å². The van der Waals surface area contributed by atoms with E-state index >= 15 is 0 Å². The van der Waals surface area contributed by atoms with E-state index in [0.717, 1.165) is 16.8 Å². The van der Waals surface area contributed by atoms with Gasteiger partial charge < -0.3 is 24.2 Å². The zero-order valence-electron chi connectivity index (χ0n) is 21.9. The van der Waals surface area contributed by atoms with Crippen LogP contribution >= 0.6 is 18.4 Å². The zero-order chi connectivity index (χ0) is 29.3. The first kappa shape index (κ1) is 30.5. The predicted molar refractivity (Wildman–Crippen MR) is 151 cm³/mol. The van der Waals surface area contributed by atoms with Gasteiger partial charge in [-0.1, -0.05) is 24.1 Å². The molecule has 2 fully saturated rings. The maximum atomic E-state index is 12.9. The number of H-pyrrole nitrogens is 1. The Morgan fingerprint density at radius 3 is 2.62 bits per heavy atom. The van der Waals surface area contributed by atoms with E-state index in [1.807, 2.05) is 6.26 Å². The highest BCUT2D eigenvalue weighted by Gasteiger charge is 2.85. The summed E-state index contributed by atoms with van der Waals surface area (Å²) in [6.07, 6.45) is 4.55. The molecular formula is C25H30N3O9PS2. The fourth-order valence-corrected chi connectivity index (χ4v) is 7.52. The van der Waals surface area contributed by atoms with Gasteiger partial charge in [0.2, 0.25) is 5.60 Å². The van der Waals surface area contributed by atoms with E-state index < -0.39 is 59.5 Å². The fourth-order valence-electron chi connectivity index (χ4n) is 4.38. The Labute approximate surface area is 239 Å². The fraction of sp³-hybridized carbons (Fsp3) is 0.480. The Kier molecular flexibility index (Phi) is 8.99. The number of nitrogens with one attached hydrogen (secondary N) is 2. The Balaban J connectivity index is 1.64. The van der Waals surface area contributed by atoms with Gasteiger partial charge in [-0.3, -0.25) is 23.7 Å². The summed E-state index contributed by atoms with van der Waals surface area (Å²) in [7, 11) is 0. The van der Waals surface area contributed by atoms with Gasteiger partial charge in [0, 0.05) is 12.3 Å². The number of terminal acetylenes is 1. The lowest BCUT2D eigenvalue weighted by Crippen LogP contribution is -2.52. The maximum Gasteiger partial charge on any atom is 0.330 e. The first-order valence-corrected chi connectivity index (χ1v) is 16.3. The van der Waals surface area contributed by atoms with Crippen molar-refractivity contribution < 1.29 is 33.5 Å². The second-order valence-corrected chi connectivity index (χ2v) is 13.6. The average Bonchev–Trinajstić information content (AvgIpc) is 3.37. The second-order valence-electron chi connectivity index (χ2n) is 9.54. The van der Waals surface area contributed by atoms with Gasteiger partial charge in [-0.05, 0) is 56.2 Å². The minimum absolute atomic E-state index is 0.336. The summed E-state index contributed by atoms with van der Waals surface area (Å²) in [6, 6.07) is 8.65. The zero-order valence-corrected chi connectivity index (χ0v) is 24.4. The number of esters is 1. The number of benzene rings is 1. The molecule has 216 valence electrons. The van der Waals surface area contributed by atoms with Crippen molar-refractivity contribution in [3.8, 4) is 18.1 Å². The molecule has 0 bridgehead atoms. The smallest absolute Gasteiger partial charge is 0.330 e. The lowest BCUT2D eigenvalue weighted by molar-refractivity contribution is -0.149. The number of aromatic nitrogens is 2. The number of aliphatic hydroxyl groups is 2. The standard InChI is InChI=1S/C25H30N3O9PS2/c1-5-24(32)22(28-13-11-18(29)26-23(28)31)35-19-20(25(19,24)33)37-38(39,36-16-9-7-6-8-10-16)27-17(12-14-40-4)21(30)34-15(2)3/h1,6-11,13,15,17,19-20,22,32-33H,12,14H2,2-4H3,(H,27,39)(H,26,29,31)/t17?,19-,20?,22-,24+,25-,38?/m1/s1. The summed E-state index contributed by atoms with van der Waals surface area (Å²) >= 11 is 7.32. The number of para-hydroxylation sites is 1. The van der Waals surface area contributed by atoms with E-state index in [-0.39, 0.29) is 6.10 Å². The van der Waals surface area contributed by atoms with E-state index in [1.165, 1.54) is 11.8 Å². The van der Waals surface area contributed by atoms with Gasteiger partial charge >= 0.3 is 18.3 Å². The van der Waals surface area contributed by atoms with Gasteiger partial charge in [0.1, 0.15) is 24.0 Å². The van der Waals surface area contributed by atoms with Gasteiger partial charge in [0.15, 0.2) is 11.8 Å². The largest absolute Gasteiger partial charge is 0.462 e. The van der Waals surface area contributed by atoms with Crippen LogP contribution < -0.4 is 20.9 Å². The van der Waals surface area contributed by atoms with Crippen molar-refractivity contribution in [2.75, 3.05) is 12.0 Å². The van der Waals surface area contributed by atoms with E-state index in [9.17, 15) is 24.6 Å². The van der Waals surface area contributed by atoms with Gasteiger partial charge in [0.05, 0.1) is 6.10 Å². The number of hydrogen-bond acceptors (Lipinski definition) is 11. The first-order chi connectivity index (χ1) is 18.9. The molecule has 4 rings (SSSR count). The molecule has 1 saturated carbocycles. The summed E-state index contributed by atoms with van der Waals surface area (Å²) in [6.45, 7) is -0.219. The summed E-state index contributed by atoms with van der Waals surface area (Å²) in [5.74, 6) is 2.50. The quantitative estimate of drug-likeness (QED) is 0.153. The molecule has 3 unspecified atom stereocenters. The number of aromatic amines is 1. The monoisotopic (exact) mass is 611 g/mol. The minimum Gasteiger partial charge on any atom is -0.462 e. The van der Waals surface area contributed by atoms with E-state index in [2.05, 4.69) is 16.0 Å². The number of ether oxygens (including phenoxy) is 2. The molecule has 0 spiro atoms. The first-order valence-electron chi connectivity index (χ1n) is 12.3. The second kappa shape index (κ2) is 11.8. The molecule has 0 radical (unpaired) electrons. The van der Waals surface area contributed by atoms with Gasteiger partial charge in [-0.15, -0.1) is 6.42 Å². The topological polar surface area (TPSA) is 161 Å². The Morgan fingerprint density at radius 1 is 1.32 bits per heavy atom. The maximum absolute atomic E-state index is 12.9. The van der Waals surface area contributed by atoms with Crippen LogP contribution in [-0.2, 0) is 30.6 Å². The molecular weight excluding hydrogens is 581 g/mol. The van der Waals surface area contributed by atoms with Crippen LogP contribution in [0.5, 0.6) is 5.75 Å². The number of carbonyl (C=O) groups is 1. The molecule has 2 aromatic rings. The summed E-state index contributed by atoms with van der Waals surface area (Å²) in [4.78, 5) is 38.8. The Bertz CT molecular complexity index is 1450. The molecule has 12 nitrogen and oxygen atoms in total. The number of nitrogens with zero attached hydrogens (tertiary/aromatic N) is 1. The molecule has 2 heterocycles. The number of hydrogen-bond donors (Lipinski definition) is 4. The highest BCUT2D eigenvalue weighted by molar-refractivity contribution is 8.09. The molecule has 7 atom stereocenters. The van der Waals surface area contributed by atoms with Crippen LogP contribution in [0.3, 0.4) is 0 Å². The molecule has 1 aliphatic heterocycles. The van der Waals surface area contributed by atoms with Crippen LogP contribution in [0.15, 0.2) is 52.2 Å². The Morgan fingerprint density at radius 2 is 2.02 bits per heavy atom. The van der Waals surface area contributed by atoms with Gasteiger partial charge in [-0.2, -0.15) is 11.8 Å². The normalized spacial score (nSPS) is 29.2. The van der Waals surface area contributed by atoms with E-state index in [0.29, 0.717) is 17.9 Å². The number of thioether (sulfide) groups is 1. The molecule has 1 aromatic heterocycles. The van der Waals surface area contributed by atoms with Crippen molar-refractivity contribution in [2.45, 2.75) is 62.1 Å². The molecule has 2 aliphatic rings. The predicted octanol–water partition coefficient (Wildman–Crippen LogP) is 0.895. The lowest BCUT2D eigenvalue weighted by atomic mass is 9.94. The molecule has 40 heavy (non-hydrogen) atoms. The van der Waals surface area contributed by atoms with E-state index in [1.54, 1.807) is 44.2 Å². The summed E-state index contributed by atoms with van der Waals surface area (Å²) in [5, 5.41) is 25.9. The molecule has 1 aliphatic carbocycles. The lowest BCUT2D eigenvalue weighted by Gasteiger charge is -2.34. The van der Waals surface area contributed by atoms with E-state index in [4.69, 9.17) is 36.8 Å². The molecule has 0 amide bonds. The molecule has 1 aromatic carbocycles. The number of carbonyl (C=O) groups excluding carboxylic acids is 1. The number of fused-ring (bicyclic) bond motifs is 1. The van der Waals surface area contributed by atoms with Crippen molar-refractivity contribution in [1.82, 2.24) is 14.6 Å². The summed E-state index contributed by atoms with van der Waals surface area (Å²) < 4.78 is 24.3. The average molecular weight is 612 g/mol. The van der Waals surface area contributed by atoms with Crippen LogP contribution in [0.4, 0.5) is 0 Å². The SMILES string of the molecule is C#C[C@]1(O)[C@H](n2ccc(=O)[nH]c2=O)O[C@@H]2C(OP(=S)(NC(CCSC)C(=O)OC(C)C)Oc3ccccc3)[C@]21O. The van der Waals surface area contributed by atoms with Crippen molar-refractivity contribution in [3.63, 3.8) is 0 Å². The summed E-state index contributed by atoms with van der Waals surface area (Å²) in [5.41, 5.74) is -6.20. The highest BCUT2D eigenvalue weighted by atomic mass is 32.5. The van der Waals surface area contributed by atoms with Crippen LogP contribution in [0.2, 0.25) is 0 Å². The van der Waals surface area contributed by atoms with Gasteiger partial charge in [-0.25, -0.2) is 9.88 Å².